The average molecular weight is 1050 g/mol. The zero-order valence-electron chi connectivity index (χ0n) is 40.9. The van der Waals surface area contributed by atoms with Gasteiger partial charge in [-0.15, -0.1) is 4.68 Å². The summed E-state index contributed by atoms with van der Waals surface area (Å²) in [6, 6.07) is 20.8. The van der Waals surface area contributed by atoms with E-state index < -0.39 is 60.3 Å². The molecule has 6 aromatic rings. The number of nitrogens with two attached hydrogens (primary N) is 1. The number of aliphatic hydroxyl groups excluding tert-OH is 2. The maximum Gasteiger partial charge on any atom is 0.418 e. The van der Waals surface area contributed by atoms with Crippen LogP contribution in [0.15, 0.2) is 109 Å². The topological polar surface area (TPSA) is 222 Å². The van der Waals surface area contributed by atoms with Crippen molar-refractivity contribution in [2.45, 2.75) is 84.2 Å². The van der Waals surface area contributed by atoms with Crippen LogP contribution in [0.3, 0.4) is 0 Å². The zero-order chi connectivity index (χ0) is 51.1. The van der Waals surface area contributed by atoms with Crippen molar-refractivity contribution in [2.24, 2.45) is 11.7 Å². The van der Waals surface area contributed by atoms with Crippen LogP contribution in [-0.4, -0.2) is 117 Å². The first-order chi connectivity index (χ1) is 34.7. The van der Waals surface area contributed by atoms with Crippen LogP contribution in [-0.2, 0) is 37.8 Å². The predicted octanol–water partition coefficient (Wildman–Crippen LogP) is 1.66. The lowest BCUT2D eigenvalue weighted by Crippen LogP contribution is -3.00. The Morgan fingerprint density at radius 3 is 2.28 bits per heavy atom. The molecule has 2 aliphatic heterocycles. The van der Waals surface area contributed by atoms with Crippen LogP contribution in [0.5, 0.6) is 5.75 Å². The van der Waals surface area contributed by atoms with E-state index >= 15 is 4.39 Å². The third-order valence-corrected chi connectivity index (χ3v) is 13.1. The average Bonchev–Trinajstić information content (AvgIpc) is 4.14. The van der Waals surface area contributed by atoms with E-state index in [-0.39, 0.29) is 69.2 Å². The van der Waals surface area contributed by atoms with E-state index in [0.717, 1.165) is 48.5 Å². The Morgan fingerprint density at radius 1 is 0.986 bits per heavy atom. The van der Waals surface area contributed by atoms with Gasteiger partial charge in [0.1, 0.15) is 54.3 Å². The molecule has 0 spiro atoms. The van der Waals surface area contributed by atoms with Crippen molar-refractivity contribution in [3.05, 3.63) is 137 Å². The van der Waals surface area contributed by atoms with Gasteiger partial charge in [0, 0.05) is 85.9 Å². The first-order valence-electron chi connectivity index (χ1n) is 23.8. The van der Waals surface area contributed by atoms with Crippen molar-refractivity contribution in [1.29, 1.82) is 0 Å². The molecule has 1 unspecified atom stereocenters. The maximum atomic E-state index is 15.6. The minimum atomic E-state index is -1.24. The van der Waals surface area contributed by atoms with Crippen LogP contribution < -0.4 is 47.8 Å². The second-order valence-corrected chi connectivity index (χ2v) is 18.1. The Kier molecular flexibility index (Phi) is 18.9. The van der Waals surface area contributed by atoms with Crippen LogP contribution in [0.25, 0.3) is 5.69 Å². The highest BCUT2D eigenvalue weighted by Crippen LogP contribution is 2.42. The Hall–Kier alpha value is -6.98. The number of halogens is 3. The molecule has 2 saturated heterocycles. The lowest BCUT2D eigenvalue weighted by atomic mass is 9.87. The number of carbonyl (C=O) groups excluding carboxylic acids is 2. The summed E-state index contributed by atoms with van der Waals surface area (Å²) in [7, 11) is 1.45. The fourth-order valence-electron chi connectivity index (χ4n) is 9.08. The second-order valence-electron chi connectivity index (χ2n) is 18.1. The first-order valence-corrected chi connectivity index (χ1v) is 23.8. The van der Waals surface area contributed by atoms with Gasteiger partial charge in [-0.05, 0) is 80.4 Å². The van der Waals surface area contributed by atoms with Crippen molar-refractivity contribution in [2.75, 3.05) is 67.7 Å². The molecule has 398 valence electrons. The number of esters is 1. The molecule has 1 amide bonds. The molecule has 20 nitrogen and oxygen atoms in total. The molecule has 6 atom stereocenters. The summed E-state index contributed by atoms with van der Waals surface area (Å²) in [5.74, 6) is -1.62. The number of ether oxygens (including phenoxy) is 4. The highest BCUT2D eigenvalue weighted by molar-refractivity contribution is 5.86. The highest BCUT2D eigenvalue weighted by Gasteiger charge is 2.46. The number of carbonyl (C=O) groups is 2. The summed E-state index contributed by atoms with van der Waals surface area (Å²) in [6.45, 7) is 8.09. The molecular formula is C51H64ClF2N11O9. The maximum absolute atomic E-state index is 15.6. The monoisotopic (exact) mass is 1050 g/mol. The molecule has 0 bridgehead atoms. The largest absolute Gasteiger partial charge is 1.00 e. The van der Waals surface area contributed by atoms with E-state index in [9.17, 15) is 23.9 Å². The minimum absolute atomic E-state index is 0. The molecular weight excluding hydrogens is 984 g/mol. The van der Waals surface area contributed by atoms with Gasteiger partial charge >= 0.3 is 17.8 Å². The van der Waals surface area contributed by atoms with Crippen LogP contribution in [0.2, 0.25) is 0 Å². The van der Waals surface area contributed by atoms with Crippen LogP contribution in [0.4, 0.5) is 30.8 Å². The van der Waals surface area contributed by atoms with Gasteiger partial charge in [-0.1, -0.05) is 26.5 Å². The second kappa shape index (κ2) is 24.8. The number of anilines is 3. The van der Waals surface area contributed by atoms with Crippen LogP contribution in [0.1, 0.15) is 64.4 Å². The summed E-state index contributed by atoms with van der Waals surface area (Å²) in [5.41, 5.74) is 7.38. The van der Waals surface area contributed by atoms with Gasteiger partial charge in [-0.2, -0.15) is 9.67 Å². The molecule has 23 heteroatoms. The quantitative estimate of drug-likeness (QED) is 0.0776. The molecule has 0 saturated carbocycles. The van der Waals surface area contributed by atoms with E-state index in [1.54, 1.807) is 41.6 Å². The van der Waals surface area contributed by atoms with E-state index in [2.05, 4.69) is 25.0 Å². The molecule has 0 aliphatic carbocycles. The molecule has 74 heavy (non-hydrogen) atoms. The molecule has 5 heterocycles. The van der Waals surface area contributed by atoms with Crippen molar-refractivity contribution < 1.29 is 64.5 Å². The Morgan fingerprint density at radius 2 is 1.65 bits per heavy atom. The Labute approximate surface area is 433 Å². The van der Waals surface area contributed by atoms with Crippen molar-refractivity contribution in [1.82, 2.24) is 29.1 Å². The first kappa shape index (κ1) is 56.3. The Bertz CT molecular complexity index is 2860. The number of rotatable bonds is 19. The third-order valence-electron chi connectivity index (χ3n) is 13.1. The van der Waals surface area contributed by atoms with Gasteiger partial charge < -0.3 is 57.1 Å². The summed E-state index contributed by atoms with van der Waals surface area (Å²) < 4.78 is 59.3. The summed E-state index contributed by atoms with van der Waals surface area (Å²) in [4.78, 5) is 48.5. The van der Waals surface area contributed by atoms with Gasteiger partial charge in [-0.3, -0.25) is 9.69 Å². The lowest BCUT2D eigenvalue weighted by Gasteiger charge is -2.37. The number of hydrogen-bond acceptors (Lipinski definition) is 15. The minimum Gasteiger partial charge on any atom is -1.00 e. The molecule has 3 aromatic heterocycles. The predicted molar refractivity (Wildman–Crippen MR) is 265 cm³/mol. The Balaban J connectivity index is 0.00000446. The molecule has 2 aliphatic rings. The molecule has 2 fully saturated rings. The number of aromatic nitrogens is 7. The fraction of sp³-hybridized carbons (Fsp3) is 0.431. The number of amides is 1. The van der Waals surface area contributed by atoms with Gasteiger partial charge in [0.2, 0.25) is 12.6 Å². The van der Waals surface area contributed by atoms with Gasteiger partial charge in [-0.25, -0.2) is 32.6 Å². The van der Waals surface area contributed by atoms with E-state index in [0.29, 0.717) is 29.8 Å². The summed E-state index contributed by atoms with van der Waals surface area (Å²) in [6.07, 6.45) is 4.56. The standard InChI is InChI=1S/C50H60F2N11O9.CH4.ClH/c1-5-45(33(2)65)63-48(67)62(31-56-63)40-11-9-38(10-12-40)58-19-21-59(22-20-58)39-13-15-41(16-14-39)69-26-35-24-50(71-27-35,42-17-8-37(51)23-43(42)52)29-61-32-60(30-55-61)34(3)72-49(68)57(4)46-36(7-6-18-54-46)28-70-47(66)44(53)25-64;;/h6-18,23,30-35,44-45,64-65H,5,19-22,24-29,53H2,1-4H3;1H4;1H/q+1;;/p-1/t33-,34?,35+,44-,45-,50-;;/m0../s1. The van der Waals surface area contributed by atoms with Crippen molar-refractivity contribution in [3.8, 4) is 11.4 Å². The number of hydrogen-bond donors (Lipinski definition) is 3. The van der Waals surface area contributed by atoms with Crippen LogP contribution >= 0.6 is 0 Å². The number of benzene rings is 3. The number of piperazine rings is 1. The summed E-state index contributed by atoms with van der Waals surface area (Å²) in [5, 5.41) is 28.0. The number of aliphatic hydroxyl groups is 2. The number of pyridine rings is 1. The molecule has 0 radical (unpaired) electrons. The van der Waals surface area contributed by atoms with Crippen molar-refractivity contribution >= 4 is 29.3 Å². The van der Waals surface area contributed by atoms with E-state index in [1.807, 2.05) is 55.5 Å². The van der Waals surface area contributed by atoms with Crippen molar-refractivity contribution in [3.63, 3.8) is 0 Å². The number of nitrogens with zero attached hydrogens (tertiary/aromatic N) is 10. The van der Waals surface area contributed by atoms with Gasteiger partial charge in [0.15, 0.2) is 0 Å². The smallest absolute Gasteiger partial charge is 0.418 e. The van der Waals surface area contributed by atoms with Crippen LogP contribution in [0, 0.1) is 17.6 Å². The van der Waals surface area contributed by atoms with E-state index in [4.69, 9.17) is 29.8 Å². The zero-order valence-corrected chi connectivity index (χ0v) is 41.7. The SMILES string of the molecule is C.CC[C@@H]([C@H](C)O)n1ncn(-c2ccc(N3CCN(c4ccc(OC[C@@H]5CO[C@@](Cn6c[n+](C(C)OC(=O)N(C)c7ncccc7COC(=O)[C@@H](N)CO)cn6)(c6ccc(F)cc6F)C5)cc4)CC3)cc2)c1=O.[Cl-]. The third kappa shape index (κ3) is 12.7. The molecule has 8 rings (SSSR count). The van der Waals surface area contributed by atoms with Gasteiger partial charge in [0.05, 0.1) is 37.7 Å². The fourth-order valence-corrected chi connectivity index (χ4v) is 9.08. The highest BCUT2D eigenvalue weighted by atomic mass is 35.5. The van der Waals surface area contributed by atoms with E-state index in [1.165, 1.54) is 47.3 Å². The molecule has 3 aromatic carbocycles. The molecule has 4 N–H and O–H groups in total. The normalized spacial score (nSPS) is 18.1. The lowest BCUT2D eigenvalue weighted by molar-refractivity contribution is -0.753. The summed E-state index contributed by atoms with van der Waals surface area (Å²) >= 11 is 0. The van der Waals surface area contributed by atoms with Gasteiger partial charge in [0.25, 0.3) is 6.33 Å².